The maximum atomic E-state index is 13.4. The first kappa shape index (κ1) is 20.1. The van der Waals surface area contributed by atoms with Gasteiger partial charge < -0.3 is 10.0 Å². The fourth-order valence-electron chi connectivity index (χ4n) is 5.22. The zero-order valence-electron chi connectivity index (χ0n) is 18.3. The van der Waals surface area contributed by atoms with Gasteiger partial charge in [-0.2, -0.15) is 5.10 Å². The summed E-state index contributed by atoms with van der Waals surface area (Å²) in [6.07, 6.45) is 9.22. The monoisotopic (exact) mass is 439 g/mol. The molecule has 1 fully saturated rings. The first-order valence-corrected chi connectivity index (χ1v) is 11.5. The molecule has 1 aliphatic heterocycles. The fraction of sp³-hybridized carbons (Fsp3) is 0.308. The highest BCUT2D eigenvalue weighted by atomic mass is 16.3. The molecule has 2 atom stereocenters. The van der Waals surface area contributed by atoms with E-state index in [1.165, 1.54) is 0 Å². The summed E-state index contributed by atoms with van der Waals surface area (Å²) in [4.78, 5) is 24.7. The van der Waals surface area contributed by atoms with Crippen molar-refractivity contribution in [3.63, 3.8) is 0 Å². The van der Waals surface area contributed by atoms with Gasteiger partial charge in [-0.15, -0.1) is 0 Å². The molecule has 3 aromatic heterocycles. The Morgan fingerprint density at radius 1 is 1.03 bits per heavy atom. The number of rotatable bonds is 4. The Hall–Kier alpha value is -3.58. The summed E-state index contributed by atoms with van der Waals surface area (Å²) >= 11 is 0. The molecule has 2 aliphatic rings. The van der Waals surface area contributed by atoms with Crippen molar-refractivity contribution in [2.24, 2.45) is 0 Å². The molecule has 1 aromatic carbocycles. The Morgan fingerprint density at radius 3 is 2.64 bits per heavy atom. The van der Waals surface area contributed by atoms with Gasteiger partial charge in [0.1, 0.15) is 5.69 Å². The van der Waals surface area contributed by atoms with Crippen molar-refractivity contribution in [2.45, 2.75) is 50.8 Å². The van der Waals surface area contributed by atoms with E-state index in [1.54, 1.807) is 10.9 Å². The minimum Gasteiger partial charge on any atom is -0.391 e. The van der Waals surface area contributed by atoms with Crippen LogP contribution < -0.4 is 0 Å². The van der Waals surface area contributed by atoms with E-state index >= 15 is 0 Å². The Balaban J connectivity index is 1.35. The largest absolute Gasteiger partial charge is 0.391 e. The zero-order valence-corrected chi connectivity index (χ0v) is 18.3. The van der Waals surface area contributed by atoms with E-state index in [-0.39, 0.29) is 11.9 Å². The average molecular weight is 440 g/mol. The molecular formula is C26H25N5O2. The Kier molecular flexibility index (Phi) is 4.91. The minimum atomic E-state index is -0.456. The molecule has 7 nitrogen and oxygen atoms in total. The maximum Gasteiger partial charge on any atom is 0.273 e. The summed E-state index contributed by atoms with van der Waals surface area (Å²) in [7, 11) is 0. The van der Waals surface area contributed by atoms with Gasteiger partial charge in [0.2, 0.25) is 0 Å². The maximum absolute atomic E-state index is 13.4. The van der Waals surface area contributed by atoms with E-state index in [9.17, 15) is 9.90 Å². The number of benzene rings is 1. The second-order valence-corrected chi connectivity index (χ2v) is 8.94. The lowest BCUT2D eigenvalue weighted by Gasteiger charge is -2.34. The third kappa shape index (κ3) is 3.49. The van der Waals surface area contributed by atoms with Crippen LogP contribution in [0.1, 0.15) is 53.0 Å². The van der Waals surface area contributed by atoms with Gasteiger partial charge in [0.05, 0.1) is 17.8 Å². The third-order valence-corrected chi connectivity index (χ3v) is 6.90. The SMILES string of the molecule is O=C1c2nc(Cc3ccc(-n4cccn4)nc3)c3ccccc3c2CN1C1CCCCC1O. The molecule has 4 heterocycles. The first-order valence-electron chi connectivity index (χ1n) is 11.5. The molecule has 0 bridgehead atoms. The molecule has 0 radical (unpaired) electrons. The normalized spacial score (nSPS) is 20.4. The minimum absolute atomic E-state index is 0.0601. The molecule has 1 saturated carbocycles. The van der Waals surface area contributed by atoms with Crippen molar-refractivity contribution in [1.29, 1.82) is 0 Å². The summed E-state index contributed by atoms with van der Waals surface area (Å²) in [6, 6.07) is 13.9. The summed E-state index contributed by atoms with van der Waals surface area (Å²) in [6.45, 7) is 0.518. The lowest BCUT2D eigenvalue weighted by Crippen LogP contribution is -2.45. The van der Waals surface area contributed by atoms with Gasteiger partial charge in [0, 0.05) is 42.5 Å². The van der Waals surface area contributed by atoms with Crippen LogP contribution in [0, 0.1) is 0 Å². The average Bonchev–Trinajstić information content (AvgIpc) is 3.49. The Bertz CT molecular complexity index is 1320. The lowest BCUT2D eigenvalue weighted by atomic mass is 9.91. The Labute approximate surface area is 191 Å². The van der Waals surface area contributed by atoms with Crippen LogP contribution in [0.2, 0.25) is 0 Å². The molecule has 2 unspecified atom stereocenters. The number of hydrogen-bond acceptors (Lipinski definition) is 5. The summed E-state index contributed by atoms with van der Waals surface area (Å²) in [5.41, 5.74) is 3.40. The molecule has 7 heteroatoms. The second kappa shape index (κ2) is 8.08. The van der Waals surface area contributed by atoms with Gasteiger partial charge >= 0.3 is 0 Å². The number of amides is 1. The smallest absolute Gasteiger partial charge is 0.273 e. The molecule has 0 saturated heterocycles. The number of carbonyl (C=O) groups is 1. The van der Waals surface area contributed by atoms with Crippen LogP contribution in [-0.2, 0) is 13.0 Å². The molecule has 166 valence electrons. The Morgan fingerprint density at radius 2 is 1.88 bits per heavy atom. The number of aromatic nitrogens is 4. The molecule has 4 aromatic rings. The van der Waals surface area contributed by atoms with Crippen LogP contribution in [0.5, 0.6) is 0 Å². The summed E-state index contributed by atoms with van der Waals surface area (Å²) in [5, 5.41) is 16.9. The first-order chi connectivity index (χ1) is 16.2. The van der Waals surface area contributed by atoms with Crippen LogP contribution >= 0.6 is 0 Å². The highest BCUT2D eigenvalue weighted by Crippen LogP contribution is 2.35. The molecular weight excluding hydrogens is 414 g/mol. The van der Waals surface area contributed by atoms with Crippen molar-refractivity contribution in [3.05, 3.63) is 83.6 Å². The summed E-state index contributed by atoms with van der Waals surface area (Å²) in [5.74, 6) is 0.697. The number of nitrogens with zero attached hydrogens (tertiary/aromatic N) is 5. The van der Waals surface area contributed by atoms with E-state index in [0.717, 1.165) is 59.1 Å². The summed E-state index contributed by atoms with van der Waals surface area (Å²) < 4.78 is 1.72. The predicted octanol–water partition coefficient (Wildman–Crippen LogP) is 3.67. The second-order valence-electron chi connectivity index (χ2n) is 8.94. The lowest BCUT2D eigenvalue weighted by molar-refractivity contribution is 0.0190. The van der Waals surface area contributed by atoms with Crippen LogP contribution in [0.15, 0.2) is 61.1 Å². The van der Waals surface area contributed by atoms with Crippen molar-refractivity contribution in [2.75, 3.05) is 0 Å². The van der Waals surface area contributed by atoms with E-state index < -0.39 is 6.10 Å². The highest BCUT2D eigenvalue weighted by molar-refractivity contribution is 6.03. The van der Waals surface area contributed by atoms with Gasteiger partial charge in [-0.05, 0) is 35.9 Å². The van der Waals surface area contributed by atoms with Crippen LogP contribution in [0.25, 0.3) is 16.6 Å². The van der Waals surface area contributed by atoms with E-state index in [1.807, 2.05) is 47.6 Å². The van der Waals surface area contributed by atoms with Crippen LogP contribution in [0.3, 0.4) is 0 Å². The fourth-order valence-corrected chi connectivity index (χ4v) is 5.22. The predicted molar refractivity (Wildman–Crippen MR) is 124 cm³/mol. The van der Waals surface area contributed by atoms with Gasteiger partial charge in [-0.3, -0.25) is 4.79 Å². The van der Waals surface area contributed by atoms with Gasteiger partial charge in [-0.1, -0.05) is 43.2 Å². The van der Waals surface area contributed by atoms with Crippen molar-refractivity contribution >= 4 is 16.7 Å². The quantitative estimate of drug-likeness (QED) is 0.525. The van der Waals surface area contributed by atoms with Crippen LogP contribution in [0.4, 0.5) is 0 Å². The van der Waals surface area contributed by atoms with Gasteiger partial charge in [-0.25, -0.2) is 14.6 Å². The number of pyridine rings is 2. The number of aliphatic hydroxyl groups excluding tert-OH is 1. The number of hydrogen-bond donors (Lipinski definition) is 1. The van der Waals surface area contributed by atoms with E-state index in [4.69, 9.17) is 4.98 Å². The molecule has 6 rings (SSSR count). The number of carbonyl (C=O) groups excluding carboxylic acids is 1. The van der Waals surface area contributed by atoms with Gasteiger partial charge in [0.15, 0.2) is 5.82 Å². The number of aliphatic hydroxyl groups is 1. The number of fused-ring (bicyclic) bond motifs is 3. The zero-order chi connectivity index (χ0) is 22.4. The molecule has 33 heavy (non-hydrogen) atoms. The van der Waals surface area contributed by atoms with Crippen LogP contribution in [-0.4, -0.2) is 47.8 Å². The standard InChI is InChI=1S/C26H25N5O2/c32-23-9-4-3-8-22(23)30-16-20-18-6-1-2-7-19(18)21(29-25(20)26(30)33)14-17-10-11-24(27-15-17)31-13-5-12-28-31/h1-2,5-7,10-13,15,22-23,32H,3-4,8-9,14,16H2. The molecule has 1 aliphatic carbocycles. The van der Waals surface area contributed by atoms with Crippen molar-refractivity contribution in [1.82, 2.24) is 24.6 Å². The molecule has 0 spiro atoms. The van der Waals surface area contributed by atoms with Gasteiger partial charge in [0.25, 0.3) is 5.91 Å². The highest BCUT2D eigenvalue weighted by Gasteiger charge is 2.39. The van der Waals surface area contributed by atoms with E-state index in [0.29, 0.717) is 18.7 Å². The van der Waals surface area contributed by atoms with Crippen molar-refractivity contribution in [3.8, 4) is 5.82 Å². The molecule has 1 amide bonds. The van der Waals surface area contributed by atoms with Crippen molar-refractivity contribution < 1.29 is 9.90 Å². The molecule has 1 N–H and O–H groups in total. The topological polar surface area (TPSA) is 84.1 Å². The van der Waals surface area contributed by atoms with E-state index in [2.05, 4.69) is 22.2 Å². The third-order valence-electron chi connectivity index (χ3n) is 6.90.